The number of nitrogens with two attached hydrogens (primary N) is 1. The first-order valence-corrected chi connectivity index (χ1v) is 4.43. The molecule has 1 rings (SSSR count). The summed E-state index contributed by atoms with van der Waals surface area (Å²) in [5.74, 6) is -0.526. The minimum Gasteiger partial charge on any atom is -0.459 e. The number of aliphatic hydroxyl groups is 1. The zero-order chi connectivity index (χ0) is 10.3. The van der Waals surface area contributed by atoms with Crippen LogP contribution < -0.4 is 5.73 Å². The lowest BCUT2D eigenvalue weighted by atomic mass is 10.1. The van der Waals surface area contributed by atoms with Gasteiger partial charge in [-0.3, -0.25) is 4.79 Å². The maximum absolute atomic E-state index is 11.5. The van der Waals surface area contributed by atoms with E-state index in [1.165, 1.54) is 0 Å². The second-order valence-corrected chi connectivity index (χ2v) is 4.63. The van der Waals surface area contributed by atoms with E-state index in [4.69, 9.17) is 15.6 Å². The molecule has 0 amide bonds. The molecule has 4 heteroatoms. The van der Waals surface area contributed by atoms with E-state index >= 15 is 0 Å². The van der Waals surface area contributed by atoms with Gasteiger partial charge in [0.2, 0.25) is 0 Å². The van der Waals surface area contributed by atoms with Gasteiger partial charge in [-0.05, 0) is 27.2 Å². The summed E-state index contributed by atoms with van der Waals surface area (Å²) in [5.41, 5.74) is 4.28. The predicted molar refractivity (Wildman–Crippen MR) is 48.0 cm³/mol. The third-order valence-corrected chi connectivity index (χ3v) is 2.15. The Bertz CT molecular complexity index is 221. The van der Waals surface area contributed by atoms with Gasteiger partial charge in [-0.15, -0.1) is 0 Å². The van der Waals surface area contributed by atoms with Gasteiger partial charge in [-0.1, -0.05) is 0 Å². The highest BCUT2D eigenvalue weighted by Crippen LogP contribution is 2.42. The molecule has 4 nitrogen and oxygen atoms in total. The van der Waals surface area contributed by atoms with Gasteiger partial charge in [0.05, 0.1) is 0 Å². The summed E-state index contributed by atoms with van der Waals surface area (Å²) in [5, 5.41) is 8.80. The van der Waals surface area contributed by atoms with Crippen LogP contribution in [-0.2, 0) is 9.53 Å². The molecule has 0 unspecified atom stereocenters. The molecule has 1 aliphatic carbocycles. The topological polar surface area (TPSA) is 72.5 Å². The van der Waals surface area contributed by atoms with Gasteiger partial charge in [0, 0.05) is 12.5 Å². The van der Waals surface area contributed by atoms with Gasteiger partial charge in [0.25, 0.3) is 0 Å². The molecule has 1 aliphatic rings. The lowest BCUT2D eigenvalue weighted by Crippen LogP contribution is -2.41. The second kappa shape index (κ2) is 2.96. The summed E-state index contributed by atoms with van der Waals surface area (Å²) in [7, 11) is 0. The Labute approximate surface area is 78.1 Å². The highest BCUT2D eigenvalue weighted by molar-refractivity contribution is 5.85. The third-order valence-electron chi connectivity index (χ3n) is 2.15. The minimum absolute atomic E-state index is 0.0459. The fourth-order valence-corrected chi connectivity index (χ4v) is 1.20. The first-order valence-electron chi connectivity index (χ1n) is 4.43. The molecule has 76 valence electrons. The Kier molecular flexibility index (Phi) is 2.38. The summed E-state index contributed by atoms with van der Waals surface area (Å²) in [4.78, 5) is 11.5. The van der Waals surface area contributed by atoms with Crippen molar-refractivity contribution >= 4 is 5.97 Å². The fourth-order valence-electron chi connectivity index (χ4n) is 1.20. The van der Waals surface area contributed by atoms with Crippen molar-refractivity contribution in [2.24, 2.45) is 11.7 Å². The number of hydrogen-bond donors (Lipinski definition) is 2. The molecule has 0 aliphatic heterocycles. The van der Waals surface area contributed by atoms with Crippen LogP contribution in [0.15, 0.2) is 0 Å². The first kappa shape index (κ1) is 10.5. The predicted octanol–water partition coefficient (Wildman–Crippen LogP) is 0.0378. The highest BCUT2D eigenvalue weighted by atomic mass is 16.6. The third kappa shape index (κ3) is 2.19. The summed E-state index contributed by atoms with van der Waals surface area (Å²) < 4.78 is 5.12. The van der Waals surface area contributed by atoms with Crippen molar-refractivity contribution in [2.75, 3.05) is 6.61 Å². The largest absolute Gasteiger partial charge is 0.459 e. The lowest BCUT2D eigenvalue weighted by molar-refractivity contribution is -0.158. The minimum atomic E-state index is -0.929. The van der Waals surface area contributed by atoms with E-state index in [9.17, 15) is 4.79 Å². The maximum atomic E-state index is 11.5. The number of carbonyl (C=O) groups is 1. The second-order valence-electron chi connectivity index (χ2n) is 4.63. The van der Waals surface area contributed by atoms with E-state index in [1.807, 2.05) is 0 Å². The Balaban J connectivity index is 2.51. The average Bonchev–Trinajstić information content (AvgIpc) is 2.60. The van der Waals surface area contributed by atoms with Gasteiger partial charge in [-0.2, -0.15) is 0 Å². The molecular formula is C9H17NO3. The zero-order valence-electron chi connectivity index (χ0n) is 8.33. The molecule has 1 saturated carbocycles. The quantitative estimate of drug-likeness (QED) is 0.598. The van der Waals surface area contributed by atoms with Crippen molar-refractivity contribution in [3.8, 4) is 0 Å². The summed E-state index contributed by atoms with van der Waals surface area (Å²) in [6.07, 6.45) is 0.526. The SMILES string of the molecule is CC(C)(C)OC(=O)[C@@]1(N)C[C@@H]1CO. The van der Waals surface area contributed by atoms with E-state index in [-0.39, 0.29) is 12.5 Å². The Morgan fingerprint density at radius 3 is 2.54 bits per heavy atom. The number of carbonyl (C=O) groups excluding carboxylic acids is 1. The molecule has 0 aromatic rings. The molecule has 0 spiro atoms. The molecule has 3 N–H and O–H groups in total. The van der Waals surface area contributed by atoms with Crippen molar-refractivity contribution in [3.05, 3.63) is 0 Å². The standard InChI is InChI=1S/C9H17NO3/c1-8(2,3)13-7(12)9(10)4-6(9)5-11/h6,11H,4-5,10H2,1-3H3/t6-,9-/m1/s1. The van der Waals surface area contributed by atoms with Crippen molar-refractivity contribution in [1.29, 1.82) is 0 Å². The summed E-state index contributed by atoms with van der Waals surface area (Å²) >= 11 is 0. The van der Waals surface area contributed by atoms with Crippen LogP contribution in [0.1, 0.15) is 27.2 Å². The molecule has 0 radical (unpaired) electrons. The Morgan fingerprint density at radius 2 is 2.23 bits per heavy atom. The van der Waals surface area contributed by atoms with Crippen molar-refractivity contribution in [1.82, 2.24) is 0 Å². The monoisotopic (exact) mass is 187 g/mol. The van der Waals surface area contributed by atoms with Crippen LogP contribution in [0.2, 0.25) is 0 Å². The number of esters is 1. The van der Waals surface area contributed by atoms with E-state index in [0.29, 0.717) is 6.42 Å². The summed E-state index contributed by atoms with van der Waals surface area (Å²) in [6.45, 7) is 5.34. The fraction of sp³-hybridized carbons (Fsp3) is 0.889. The lowest BCUT2D eigenvalue weighted by Gasteiger charge is -2.22. The van der Waals surface area contributed by atoms with E-state index in [0.717, 1.165) is 0 Å². The smallest absolute Gasteiger partial charge is 0.327 e. The molecular weight excluding hydrogens is 170 g/mol. The van der Waals surface area contributed by atoms with Crippen LogP contribution >= 0.6 is 0 Å². The molecule has 2 atom stereocenters. The van der Waals surface area contributed by atoms with Crippen LogP contribution in [0, 0.1) is 5.92 Å². The van der Waals surface area contributed by atoms with Crippen molar-refractivity contribution in [3.63, 3.8) is 0 Å². The van der Waals surface area contributed by atoms with Gasteiger partial charge in [0.1, 0.15) is 11.1 Å². The van der Waals surface area contributed by atoms with E-state index in [1.54, 1.807) is 20.8 Å². The Hall–Kier alpha value is -0.610. The first-order chi connectivity index (χ1) is 5.79. The van der Waals surface area contributed by atoms with Crippen LogP contribution in [0.25, 0.3) is 0 Å². The van der Waals surface area contributed by atoms with Crippen molar-refractivity contribution in [2.45, 2.75) is 38.3 Å². The van der Waals surface area contributed by atoms with Crippen LogP contribution in [0.4, 0.5) is 0 Å². The molecule has 1 fully saturated rings. The van der Waals surface area contributed by atoms with Crippen LogP contribution in [-0.4, -0.2) is 28.8 Å². The molecule has 0 heterocycles. The maximum Gasteiger partial charge on any atom is 0.327 e. The van der Waals surface area contributed by atoms with Gasteiger partial charge < -0.3 is 15.6 Å². The molecule has 0 bridgehead atoms. The molecule has 0 saturated heterocycles. The number of ether oxygens (including phenoxy) is 1. The zero-order valence-corrected chi connectivity index (χ0v) is 8.33. The average molecular weight is 187 g/mol. The highest BCUT2D eigenvalue weighted by Gasteiger charge is 2.58. The van der Waals surface area contributed by atoms with Crippen LogP contribution in [0.3, 0.4) is 0 Å². The number of hydrogen-bond acceptors (Lipinski definition) is 4. The van der Waals surface area contributed by atoms with Crippen molar-refractivity contribution < 1.29 is 14.6 Å². The van der Waals surface area contributed by atoms with Gasteiger partial charge in [-0.25, -0.2) is 0 Å². The van der Waals surface area contributed by atoms with Gasteiger partial charge in [0.15, 0.2) is 0 Å². The van der Waals surface area contributed by atoms with E-state index in [2.05, 4.69) is 0 Å². The van der Waals surface area contributed by atoms with Gasteiger partial charge >= 0.3 is 5.97 Å². The summed E-state index contributed by atoms with van der Waals surface area (Å²) in [6, 6.07) is 0. The number of aliphatic hydroxyl groups excluding tert-OH is 1. The number of rotatable bonds is 2. The van der Waals surface area contributed by atoms with Crippen LogP contribution in [0.5, 0.6) is 0 Å². The van der Waals surface area contributed by atoms with E-state index < -0.39 is 17.1 Å². The molecule has 0 aromatic carbocycles. The molecule has 13 heavy (non-hydrogen) atoms. The Morgan fingerprint density at radius 1 is 1.69 bits per heavy atom. The molecule has 0 aromatic heterocycles. The normalized spacial score (nSPS) is 32.8.